The van der Waals surface area contributed by atoms with Crippen molar-refractivity contribution in [3.63, 3.8) is 0 Å². The first-order chi connectivity index (χ1) is 5.16. The lowest BCUT2D eigenvalue weighted by Crippen LogP contribution is -2.13. The van der Waals surface area contributed by atoms with Gasteiger partial charge in [-0.25, -0.2) is 4.79 Å². The fraction of sp³-hybridized carbons (Fsp3) is 0.600. The number of nitrogens with two attached hydrogens (primary N) is 1. The number of carbonyl (C=O) groups excluding carboxylic acids is 2. The van der Waals surface area contributed by atoms with Crippen molar-refractivity contribution in [2.75, 3.05) is 13.3 Å². The molecule has 0 aromatic carbocycles. The van der Waals surface area contributed by atoms with Crippen LogP contribution in [-0.2, 0) is 14.3 Å². The maximum absolute atomic E-state index is 10.5. The van der Waals surface area contributed by atoms with Crippen molar-refractivity contribution in [1.82, 2.24) is 0 Å². The molecule has 6 heteroatoms. The van der Waals surface area contributed by atoms with Crippen molar-refractivity contribution in [3.05, 3.63) is 0 Å². The molecule has 0 aliphatic carbocycles. The van der Waals surface area contributed by atoms with Crippen LogP contribution < -0.4 is 5.73 Å². The largest absolute Gasteiger partial charge is 0.428 e. The van der Waals surface area contributed by atoms with Gasteiger partial charge in [0.25, 0.3) is 0 Å². The summed E-state index contributed by atoms with van der Waals surface area (Å²) in [4.78, 5) is 20.7. The van der Waals surface area contributed by atoms with E-state index in [2.05, 4.69) is 9.47 Å². The minimum Gasteiger partial charge on any atom is -0.428 e. The lowest BCUT2D eigenvalue weighted by Gasteiger charge is -2.01. The van der Waals surface area contributed by atoms with Gasteiger partial charge < -0.3 is 15.2 Å². The summed E-state index contributed by atoms with van der Waals surface area (Å²) in [5.74, 6) is -0.467. The highest BCUT2D eigenvalue weighted by molar-refractivity contribution is 14.1. The Hall–Kier alpha value is -0.370. The van der Waals surface area contributed by atoms with Crippen LogP contribution in [0.5, 0.6) is 0 Å². The van der Waals surface area contributed by atoms with Gasteiger partial charge in [-0.1, -0.05) is 0 Å². The van der Waals surface area contributed by atoms with Crippen molar-refractivity contribution < 1.29 is 19.1 Å². The summed E-state index contributed by atoms with van der Waals surface area (Å²) < 4.78 is 8.24. The zero-order valence-electron chi connectivity index (χ0n) is 5.71. The number of esters is 1. The Labute approximate surface area is 77.4 Å². The highest BCUT2D eigenvalue weighted by atomic mass is 127. The van der Waals surface area contributed by atoms with Crippen LogP contribution in [0.1, 0.15) is 6.42 Å². The van der Waals surface area contributed by atoms with E-state index in [0.717, 1.165) is 0 Å². The molecule has 0 fully saturated rings. The van der Waals surface area contributed by atoms with E-state index >= 15 is 0 Å². The summed E-state index contributed by atoms with van der Waals surface area (Å²) in [6, 6.07) is 0. The zero-order valence-corrected chi connectivity index (χ0v) is 7.87. The molecule has 2 N–H and O–H groups in total. The Morgan fingerprint density at radius 1 is 1.36 bits per heavy atom. The predicted octanol–water partition coefficient (Wildman–Crippen LogP) is 0.408. The van der Waals surface area contributed by atoms with Crippen molar-refractivity contribution in [2.45, 2.75) is 6.42 Å². The van der Waals surface area contributed by atoms with Crippen LogP contribution in [0.25, 0.3) is 0 Å². The highest BCUT2D eigenvalue weighted by Crippen LogP contribution is 1.92. The van der Waals surface area contributed by atoms with Gasteiger partial charge in [-0.2, -0.15) is 0 Å². The summed E-state index contributed by atoms with van der Waals surface area (Å²) in [5.41, 5.74) is 5.05. The van der Waals surface area contributed by atoms with Crippen molar-refractivity contribution in [3.8, 4) is 0 Å². The molecule has 0 radical (unpaired) electrons. The SMILES string of the molecule is NCCC(=O)OCOC(=O)I. The summed E-state index contributed by atoms with van der Waals surface area (Å²) >= 11 is 1.43. The van der Waals surface area contributed by atoms with Crippen LogP contribution in [0.15, 0.2) is 0 Å². The minimum absolute atomic E-state index is 0.138. The standard InChI is InChI=1S/C5H8INO4/c6-5(9)11-3-10-4(8)1-2-7/h1-3,7H2. The lowest BCUT2D eigenvalue weighted by molar-refractivity contribution is -0.150. The number of rotatable bonds is 4. The second-order valence-corrected chi connectivity index (χ2v) is 2.44. The second-order valence-electron chi connectivity index (χ2n) is 1.55. The molecule has 0 amide bonds. The predicted molar refractivity (Wildman–Crippen MR) is 45.1 cm³/mol. The molecule has 0 aromatic heterocycles. The Kier molecular flexibility index (Phi) is 6.13. The van der Waals surface area contributed by atoms with Gasteiger partial charge in [-0.15, -0.1) is 0 Å². The first kappa shape index (κ1) is 10.6. The van der Waals surface area contributed by atoms with Gasteiger partial charge in [0.2, 0.25) is 6.79 Å². The Balaban J connectivity index is 3.24. The second kappa shape index (κ2) is 6.35. The van der Waals surface area contributed by atoms with E-state index in [9.17, 15) is 9.59 Å². The summed E-state index contributed by atoms with van der Waals surface area (Å²) in [7, 11) is 0. The van der Waals surface area contributed by atoms with Crippen LogP contribution in [-0.4, -0.2) is 23.3 Å². The Bertz CT molecular complexity index is 149. The van der Waals surface area contributed by atoms with E-state index in [1.807, 2.05) is 0 Å². The molecule has 5 nitrogen and oxygen atoms in total. The van der Waals surface area contributed by atoms with Crippen LogP contribution in [0.4, 0.5) is 4.79 Å². The van der Waals surface area contributed by atoms with E-state index in [1.54, 1.807) is 0 Å². The third-order valence-corrected chi connectivity index (χ3v) is 1.05. The van der Waals surface area contributed by atoms with Crippen LogP contribution in [0.3, 0.4) is 0 Å². The molecule has 0 saturated heterocycles. The van der Waals surface area contributed by atoms with E-state index < -0.39 is 9.95 Å². The number of hydrogen-bond acceptors (Lipinski definition) is 5. The molecule has 0 heterocycles. The van der Waals surface area contributed by atoms with E-state index in [4.69, 9.17) is 5.73 Å². The molecule has 0 bridgehead atoms. The first-order valence-electron chi connectivity index (χ1n) is 2.84. The average molecular weight is 273 g/mol. The maximum atomic E-state index is 10.5. The van der Waals surface area contributed by atoms with Gasteiger partial charge in [0.1, 0.15) is 0 Å². The van der Waals surface area contributed by atoms with E-state index in [0.29, 0.717) is 0 Å². The van der Waals surface area contributed by atoms with Gasteiger partial charge in [-0.05, 0) is 0 Å². The minimum atomic E-state index is -0.511. The van der Waals surface area contributed by atoms with Crippen LogP contribution >= 0.6 is 22.6 Å². The smallest absolute Gasteiger partial charge is 0.369 e. The number of halogens is 1. The van der Waals surface area contributed by atoms with Gasteiger partial charge >= 0.3 is 9.95 Å². The summed E-state index contributed by atoms with van der Waals surface area (Å²) in [5, 5.41) is 0. The topological polar surface area (TPSA) is 78.6 Å². The molecule has 0 aromatic rings. The van der Waals surface area contributed by atoms with E-state index in [1.165, 1.54) is 22.6 Å². The molecular weight excluding hydrogens is 265 g/mol. The highest BCUT2D eigenvalue weighted by Gasteiger charge is 2.01. The van der Waals surface area contributed by atoms with Crippen LogP contribution in [0.2, 0.25) is 0 Å². The van der Waals surface area contributed by atoms with Gasteiger partial charge in [0.15, 0.2) is 0 Å². The zero-order chi connectivity index (χ0) is 8.69. The lowest BCUT2D eigenvalue weighted by atomic mass is 10.4. The number of hydrogen-bond donors (Lipinski definition) is 1. The molecule has 64 valence electrons. The summed E-state index contributed by atoms with van der Waals surface area (Å²) in [6.45, 7) is -0.0996. The van der Waals surface area contributed by atoms with Gasteiger partial charge in [0, 0.05) is 6.54 Å². The first-order valence-corrected chi connectivity index (χ1v) is 3.92. The van der Waals surface area contributed by atoms with Crippen LogP contribution in [0, 0.1) is 0 Å². The molecule has 0 spiro atoms. The van der Waals surface area contributed by atoms with Crippen molar-refractivity contribution in [1.29, 1.82) is 0 Å². The van der Waals surface area contributed by atoms with E-state index in [-0.39, 0.29) is 19.8 Å². The molecule has 11 heavy (non-hydrogen) atoms. The summed E-state index contributed by atoms with van der Waals surface area (Å²) in [6.07, 6.45) is 0.138. The average Bonchev–Trinajstić information content (AvgIpc) is 1.87. The molecule has 0 aliphatic rings. The fourth-order valence-corrected chi connectivity index (χ4v) is 0.459. The van der Waals surface area contributed by atoms with Crippen molar-refractivity contribution >= 4 is 32.5 Å². The quantitative estimate of drug-likeness (QED) is 0.347. The normalized spacial score (nSPS) is 8.91. The van der Waals surface area contributed by atoms with Crippen molar-refractivity contribution in [2.24, 2.45) is 5.73 Å². The molecule has 0 unspecified atom stereocenters. The van der Waals surface area contributed by atoms with Gasteiger partial charge in [-0.3, -0.25) is 4.79 Å². The maximum Gasteiger partial charge on any atom is 0.369 e. The Morgan fingerprint density at radius 3 is 2.45 bits per heavy atom. The third-order valence-electron chi connectivity index (χ3n) is 0.741. The monoisotopic (exact) mass is 273 g/mol. The molecule has 0 saturated carbocycles. The Morgan fingerprint density at radius 2 is 2.00 bits per heavy atom. The molecule has 0 aliphatic heterocycles. The molecule has 0 rings (SSSR count). The van der Waals surface area contributed by atoms with Gasteiger partial charge in [0.05, 0.1) is 29.0 Å². The molecule has 0 atom stereocenters. The number of ether oxygens (including phenoxy) is 2. The fourth-order valence-electron chi connectivity index (χ4n) is 0.332. The molecular formula is C5H8INO4. The number of carbonyl (C=O) groups is 2. The third kappa shape index (κ3) is 7.53.